The van der Waals surface area contributed by atoms with Crippen LogP contribution in [0.2, 0.25) is 0 Å². The maximum atomic E-state index is 10.4. The summed E-state index contributed by atoms with van der Waals surface area (Å²) in [4.78, 5) is 16.7. The Morgan fingerprint density at radius 1 is 1.53 bits per heavy atom. The molecule has 0 amide bonds. The van der Waals surface area contributed by atoms with Crippen molar-refractivity contribution in [3.8, 4) is 5.75 Å². The second-order valence-electron chi connectivity index (χ2n) is 3.70. The Morgan fingerprint density at radius 2 is 2.29 bits per heavy atom. The minimum Gasteiger partial charge on any atom is -0.482 e. The van der Waals surface area contributed by atoms with E-state index in [1.165, 1.54) is 0 Å². The summed E-state index contributed by atoms with van der Waals surface area (Å²) in [6, 6.07) is 5.36. The van der Waals surface area contributed by atoms with Crippen molar-refractivity contribution < 1.29 is 14.6 Å². The topological polar surface area (TPSA) is 62.7 Å². The maximum absolute atomic E-state index is 10.4. The molecule has 0 aliphatic carbocycles. The lowest BCUT2D eigenvalue weighted by Gasteiger charge is -2.04. The third-order valence-electron chi connectivity index (χ3n) is 2.09. The minimum absolute atomic E-state index is 0.329. The van der Waals surface area contributed by atoms with Crippen molar-refractivity contribution in [2.24, 2.45) is 0 Å². The highest BCUT2D eigenvalue weighted by Gasteiger charge is 2.07. The molecule has 2 aromatic rings. The SMILES string of the molecule is CN(C)c1nc2ccc(OCC(=O)O)cc2s1. The molecular formula is C11H12N2O3S. The molecule has 1 N–H and O–H groups in total. The van der Waals surface area contributed by atoms with Crippen LogP contribution in [0.3, 0.4) is 0 Å². The molecule has 0 aliphatic rings. The van der Waals surface area contributed by atoms with Gasteiger partial charge in [0.2, 0.25) is 0 Å². The van der Waals surface area contributed by atoms with E-state index in [0.29, 0.717) is 5.75 Å². The van der Waals surface area contributed by atoms with Gasteiger partial charge in [-0.1, -0.05) is 11.3 Å². The van der Waals surface area contributed by atoms with Crippen LogP contribution in [0, 0.1) is 0 Å². The molecule has 1 aromatic heterocycles. The molecule has 0 saturated heterocycles. The number of hydrogen-bond donors (Lipinski definition) is 1. The third-order valence-corrected chi connectivity index (χ3v) is 3.28. The fourth-order valence-corrected chi connectivity index (χ4v) is 2.24. The average Bonchev–Trinajstić information content (AvgIpc) is 2.69. The van der Waals surface area contributed by atoms with Gasteiger partial charge in [-0.25, -0.2) is 9.78 Å². The van der Waals surface area contributed by atoms with E-state index in [-0.39, 0.29) is 6.61 Å². The number of carboxylic acid groups (broad SMARTS) is 1. The number of anilines is 1. The van der Waals surface area contributed by atoms with E-state index in [1.807, 2.05) is 31.1 Å². The number of carbonyl (C=O) groups is 1. The van der Waals surface area contributed by atoms with Crippen molar-refractivity contribution in [1.29, 1.82) is 0 Å². The van der Waals surface area contributed by atoms with Gasteiger partial charge < -0.3 is 14.7 Å². The van der Waals surface area contributed by atoms with E-state index < -0.39 is 5.97 Å². The Morgan fingerprint density at radius 3 is 2.94 bits per heavy atom. The standard InChI is InChI=1S/C11H12N2O3S/c1-13(2)11-12-8-4-3-7(5-9(8)17-11)16-6-10(14)15/h3-5H,6H2,1-2H3,(H,14,15). The van der Waals surface area contributed by atoms with Crippen molar-refractivity contribution in [3.05, 3.63) is 18.2 Å². The Labute approximate surface area is 102 Å². The molecule has 17 heavy (non-hydrogen) atoms. The largest absolute Gasteiger partial charge is 0.482 e. The first-order valence-electron chi connectivity index (χ1n) is 4.99. The van der Waals surface area contributed by atoms with Gasteiger partial charge in [0.05, 0.1) is 10.2 Å². The smallest absolute Gasteiger partial charge is 0.341 e. The van der Waals surface area contributed by atoms with Crippen molar-refractivity contribution in [2.45, 2.75) is 0 Å². The fourth-order valence-electron chi connectivity index (χ4n) is 1.32. The molecule has 0 aliphatic heterocycles. The molecule has 0 atom stereocenters. The Hall–Kier alpha value is -1.82. The van der Waals surface area contributed by atoms with Crippen LogP contribution in [-0.2, 0) is 4.79 Å². The second kappa shape index (κ2) is 4.58. The number of rotatable bonds is 4. The van der Waals surface area contributed by atoms with Crippen LogP contribution in [0.4, 0.5) is 5.13 Å². The first kappa shape index (κ1) is 11.7. The molecule has 1 heterocycles. The first-order valence-corrected chi connectivity index (χ1v) is 5.80. The highest BCUT2D eigenvalue weighted by molar-refractivity contribution is 7.22. The van der Waals surface area contributed by atoms with E-state index in [4.69, 9.17) is 9.84 Å². The van der Waals surface area contributed by atoms with Gasteiger partial charge in [0.15, 0.2) is 11.7 Å². The zero-order chi connectivity index (χ0) is 12.4. The minimum atomic E-state index is -0.983. The third kappa shape index (κ3) is 2.65. The van der Waals surface area contributed by atoms with Crippen molar-refractivity contribution in [1.82, 2.24) is 4.98 Å². The number of ether oxygens (including phenoxy) is 1. The van der Waals surface area contributed by atoms with Crippen molar-refractivity contribution in [2.75, 3.05) is 25.6 Å². The monoisotopic (exact) mass is 252 g/mol. The lowest BCUT2D eigenvalue weighted by molar-refractivity contribution is -0.139. The first-order chi connectivity index (χ1) is 8.06. The van der Waals surface area contributed by atoms with Crippen LogP contribution in [0.15, 0.2) is 18.2 Å². The van der Waals surface area contributed by atoms with E-state index in [0.717, 1.165) is 15.3 Å². The molecule has 0 saturated carbocycles. The summed E-state index contributed by atoms with van der Waals surface area (Å²) in [6.07, 6.45) is 0. The van der Waals surface area contributed by atoms with Gasteiger partial charge in [-0.3, -0.25) is 0 Å². The summed E-state index contributed by atoms with van der Waals surface area (Å²) in [7, 11) is 3.86. The highest BCUT2D eigenvalue weighted by Crippen LogP contribution is 2.30. The lowest BCUT2D eigenvalue weighted by atomic mass is 10.3. The highest BCUT2D eigenvalue weighted by atomic mass is 32.1. The number of aliphatic carboxylic acids is 1. The van der Waals surface area contributed by atoms with Crippen LogP contribution in [0.25, 0.3) is 10.2 Å². The molecule has 5 nitrogen and oxygen atoms in total. The van der Waals surface area contributed by atoms with E-state index in [9.17, 15) is 4.79 Å². The van der Waals surface area contributed by atoms with Crippen LogP contribution >= 0.6 is 11.3 Å². The molecule has 0 unspecified atom stereocenters. The number of thiazole rings is 1. The Kier molecular flexibility index (Phi) is 3.14. The number of fused-ring (bicyclic) bond motifs is 1. The summed E-state index contributed by atoms with van der Waals surface area (Å²) >= 11 is 1.54. The van der Waals surface area contributed by atoms with Crippen LogP contribution in [0.5, 0.6) is 5.75 Å². The van der Waals surface area contributed by atoms with Gasteiger partial charge in [-0.15, -0.1) is 0 Å². The Balaban J connectivity index is 2.27. The molecule has 90 valence electrons. The van der Waals surface area contributed by atoms with Gasteiger partial charge in [0.25, 0.3) is 0 Å². The van der Waals surface area contributed by atoms with Gasteiger partial charge in [0.1, 0.15) is 5.75 Å². The predicted molar refractivity (Wildman–Crippen MR) is 67.1 cm³/mol. The van der Waals surface area contributed by atoms with Crippen molar-refractivity contribution >= 4 is 32.7 Å². The summed E-state index contributed by atoms with van der Waals surface area (Å²) in [6.45, 7) is -0.329. The van der Waals surface area contributed by atoms with Crippen LogP contribution < -0.4 is 9.64 Å². The molecule has 2 rings (SSSR count). The lowest BCUT2D eigenvalue weighted by Crippen LogP contribution is -2.09. The molecule has 1 aromatic carbocycles. The summed E-state index contributed by atoms with van der Waals surface area (Å²) in [5.41, 5.74) is 0.890. The molecule has 0 radical (unpaired) electrons. The van der Waals surface area contributed by atoms with Crippen LogP contribution in [-0.4, -0.2) is 36.8 Å². The zero-order valence-corrected chi connectivity index (χ0v) is 10.3. The molecular weight excluding hydrogens is 240 g/mol. The van der Waals surface area contributed by atoms with Crippen LogP contribution in [0.1, 0.15) is 0 Å². The zero-order valence-electron chi connectivity index (χ0n) is 9.51. The quantitative estimate of drug-likeness (QED) is 0.899. The van der Waals surface area contributed by atoms with Gasteiger partial charge in [-0.2, -0.15) is 0 Å². The van der Waals surface area contributed by atoms with Crippen molar-refractivity contribution in [3.63, 3.8) is 0 Å². The van der Waals surface area contributed by atoms with Gasteiger partial charge in [-0.05, 0) is 18.2 Å². The summed E-state index contributed by atoms with van der Waals surface area (Å²) < 4.78 is 6.09. The second-order valence-corrected chi connectivity index (χ2v) is 4.71. The summed E-state index contributed by atoms with van der Waals surface area (Å²) in [5, 5.41) is 9.44. The number of carboxylic acids is 1. The molecule has 0 fully saturated rings. The van der Waals surface area contributed by atoms with E-state index >= 15 is 0 Å². The average molecular weight is 252 g/mol. The molecule has 0 spiro atoms. The van der Waals surface area contributed by atoms with E-state index in [2.05, 4.69) is 4.98 Å². The predicted octanol–water partition coefficient (Wildman–Crippen LogP) is 1.83. The van der Waals surface area contributed by atoms with Gasteiger partial charge >= 0.3 is 5.97 Å². The van der Waals surface area contributed by atoms with Gasteiger partial charge in [0, 0.05) is 14.1 Å². The number of nitrogens with zero attached hydrogens (tertiary/aromatic N) is 2. The summed E-state index contributed by atoms with van der Waals surface area (Å²) in [5.74, 6) is -0.433. The number of aromatic nitrogens is 1. The Bertz CT molecular complexity index is 551. The molecule has 6 heteroatoms. The maximum Gasteiger partial charge on any atom is 0.341 e. The van der Waals surface area contributed by atoms with E-state index in [1.54, 1.807) is 17.4 Å². The normalized spacial score (nSPS) is 10.5. The molecule has 0 bridgehead atoms. The number of benzene rings is 1. The fraction of sp³-hybridized carbons (Fsp3) is 0.273. The number of hydrogen-bond acceptors (Lipinski definition) is 5.